The number of aryl methyl sites for hydroxylation is 1. The van der Waals surface area contributed by atoms with Crippen molar-refractivity contribution in [2.45, 2.75) is 32.1 Å². The summed E-state index contributed by atoms with van der Waals surface area (Å²) in [5, 5.41) is 8.80. The molecular formula is C16H17F3N4O2. The summed E-state index contributed by atoms with van der Waals surface area (Å²) in [6, 6.07) is 5.08. The van der Waals surface area contributed by atoms with Crippen LogP contribution in [0.5, 0.6) is 5.75 Å². The maximum Gasteiger partial charge on any atom is 0.408 e. The molecule has 0 saturated carbocycles. The normalized spacial score (nSPS) is 16.7. The van der Waals surface area contributed by atoms with Gasteiger partial charge in [0.2, 0.25) is 0 Å². The minimum absolute atomic E-state index is 0.190. The molecule has 0 aliphatic carbocycles. The summed E-state index contributed by atoms with van der Waals surface area (Å²) in [5.74, 6) is 0.842. The number of alkyl halides is 3. The number of nitrogens with zero attached hydrogens (tertiary/aromatic N) is 2. The summed E-state index contributed by atoms with van der Waals surface area (Å²) in [6.45, 7) is 1.08. The third-order valence-corrected chi connectivity index (χ3v) is 3.76. The molecule has 1 aromatic heterocycles. The monoisotopic (exact) mass is 354 g/mol. The van der Waals surface area contributed by atoms with Gasteiger partial charge in [0.05, 0.1) is 17.9 Å². The van der Waals surface area contributed by atoms with Crippen LogP contribution in [0.1, 0.15) is 11.1 Å². The first-order chi connectivity index (χ1) is 11.8. The summed E-state index contributed by atoms with van der Waals surface area (Å²) in [4.78, 5) is 12.0. The SMILES string of the molecule is Cc1cccc2c1OCC(NC(=O)Nc1cnn(CC(F)(F)F)c1)C2. The number of hydrogen-bond acceptors (Lipinski definition) is 3. The molecule has 1 aliphatic heterocycles. The summed E-state index contributed by atoms with van der Waals surface area (Å²) >= 11 is 0. The number of ether oxygens (including phenoxy) is 1. The topological polar surface area (TPSA) is 68.2 Å². The number of nitrogens with one attached hydrogen (secondary N) is 2. The molecule has 0 saturated heterocycles. The van der Waals surface area contributed by atoms with Crippen LogP contribution in [0.25, 0.3) is 0 Å². The van der Waals surface area contributed by atoms with Gasteiger partial charge in [0.1, 0.15) is 18.9 Å². The van der Waals surface area contributed by atoms with Gasteiger partial charge in [-0.05, 0) is 24.5 Å². The van der Waals surface area contributed by atoms with Crippen molar-refractivity contribution in [2.75, 3.05) is 11.9 Å². The number of benzene rings is 1. The van der Waals surface area contributed by atoms with Crippen molar-refractivity contribution >= 4 is 11.7 Å². The number of halogens is 3. The molecule has 1 unspecified atom stereocenters. The molecule has 0 bridgehead atoms. The van der Waals surface area contributed by atoms with Gasteiger partial charge in [-0.1, -0.05) is 18.2 Å². The van der Waals surface area contributed by atoms with Crippen LogP contribution in [0.2, 0.25) is 0 Å². The van der Waals surface area contributed by atoms with E-state index in [-0.39, 0.29) is 11.7 Å². The number of carbonyl (C=O) groups excluding carboxylic acids is 1. The fourth-order valence-corrected chi connectivity index (χ4v) is 2.73. The Morgan fingerprint density at radius 1 is 1.44 bits per heavy atom. The van der Waals surface area contributed by atoms with Crippen LogP contribution >= 0.6 is 0 Å². The van der Waals surface area contributed by atoms with Crippen molar-refractivity contribution in [3.05, 3.63) is 41.7 Å². The quantitative estimate of drug-likeness (QED) is 0.891. The maximum absolute atomic E-state index is 12.3. The van der Waals surface area contributed by atoms with Gasteiger partial charge < -0.3 is 15.4 Å². The van der Waals surface area contributed by atoms with Gasteiger partial charge in [-0.15, -0.1) is 0 Å². The second-order valence-corrected chi connectivity index (χ2v) is 5.92. The molecule has 3 rings (SSSR count). The zero-order valence-electron chi connectivity index (χ0n) is 13.4. The van der Waals surface area contributed by atoms with E-state index in [1.807, 2.05) is 25.1 Å². The van der Waals surface area contributed by atoms with Crippen molar-refractivity contribution in [2.24, 2.45) is 0 Å². The number of aromatic nitrogens is 2. The molecule has 0 fully saturated rings. The van der Waals surface area contributed by atoms with E-state index in [1.54, 1.807) is 0 Å². The van der Waals surface area contributed by atoms with Crippen LogP contribution in [0.3, 0.4) is 0 Å². The Morgan fingerprint density at radius 3 is 3.00 bits per heavy atom. The predicted molar refractivity (Wildman–Crippen MR) is 84.6 cm³/mol. The minimum Gasteiger partial charge on any atom is -0.491 e. The first-order valence-corrected chi connectivity index (χ1v) is 7.68. The van der Waals surface area contributed by atoms with E-state index in [0.29, 0.717) is 13.0 Å². The molecule has 6 nitrogen and oxygen atoms in total. The number of amides is 2. The largest absolute Gasteiger partial charge is 0.491 e. The second-order valence-electron chi connectivity index (χ2n) is 5.92. The standard InChI is InChI=1S/C16H17F3N4O2/c1-10-3-2-4-11-5-12(8-25-14(10)11)21-15(24)22-13-6-20-23(7-13)9-16(17,18)19/h2-4,6-7,12H,5,8-9H2,1H3,(H2,21,22,24). The van der Waals surface area contributed by atoms with E-state index in [1.165, 1.54) is 6.20 Å². The minimum atomic E-state index is -4.36. The molecule has 2 aromatic rings. The van der Waals surface area contributed by atoms with Gasteiger partial charge in [-0.25, -0.2) is 4.79 Å². The number of rotatable bonds is 3. The van der Waals surface area contributed by atoms with E-state index in [2.05, 4.69) is 15.7 Å². The van der Waals surface area contributed by atoms with Crippen molar-refractivity contribution in [1.82, 2.24) is 15.1 Å². The van der Waals surface area contributed by atoms with Gasteiger partial charge in [-0.2, -0.15) is 18.3 Å². The Kier molecular flexibility index (Phi) is 4.56. The molecule has 9 heteroatoms. The van der Waals surface area contributed by atoms with Crippen LogP contribution < -0.4 is 15.4 Å². The molecule has 134 valence electrons. The predicted octanol–water partition coefficient (Wildman–Crippen LogP) is 2.88. The Labute approximate surface area is 142 Å². The summed E-state index contributed by atoms with van der Waals surface area (Å²) in [6.07, 6.45) is -1.45. The Morgan fingerprint density at radius 2 is 2.24 bits per heavy atom. The molecule has 1 atom stereocenters. The van der Waals surface area contributed by atoms with Crippen LogP contribution in [0.4, 0.5) is 23.7 Å². The third-order valence-electron chi connectivity index (χ3n) is 3.76. The van der Waals surface area contributed by atoms with E-state index < -0.39 is 18.8 Å². The lowest BCUT2D eigenvalue weighted by Crippen LogP contribution is -2.44. The van der Waals surface area contributed by atoms with E-state index in [9.17, 15) is 18.0 Å². The number of carbonyl (C=O) groups is 1. The molecule has 1 aromatic carbocycles. The lowest BCUT2D eigenvalue weighted by molar-refractivity contribution is -0.142. The molecule has 0 spiro atoms. The maximum atomic E-state index is 12.3. The first kappa shape index (κ1) is 17.1. The van der Waals surface area contributed by atoms with Crippen molar-refractivity contribution in [3.63, 3.8) is 0 Å². The Balaban J connectivity index is 1.55. The van der Waals surface area contributed by atoms with Crippen LogP contribution in [-0.2, 0) is 13.0 Å². The van der Waals surface area contributed by atoms with Crippen LogP contribution in [0.15, 0.2) is 30.6 Å². The number of hydrogen-bond donors (Lipinski definition) is 2. The fraction of sp³-hybridized carbons (Fsp3) is 0.375. The average molecular weight is 354 g/mol. The molecule has 1 aliphatic rings. The van der Waals surface area contributed by atoms with Crippen molar-refractivity contribution in [1.29, 1.82) is 0 Å². The molecule has 2 amide bonds. The Hall–Kier alpha value is -2.71. The first-order valence-electron chi connectivity index (χ1n) is 7.68. The number of para-hydroxylation sites is 1. The van der Waals surface area contributed by atoms with Gasteiger partial charge in [0, 0.05) is 6.20 Å². The lowest BCUT2D eigenvalue weighted by Gasteiger charge is -2.27. The summed E-state index contributed by atoms with van der Waals surface area (Å²) in [5.41, 5.74) is 2.24. The summed E-state index contributed by atoms with van der Waals surface area (Å²) < 4.78 is 43.3. The molecule has 2 N–H and O–H groups in total. The van der Waals surface area contributed by atoms with Crippen LogP contribution in [-0.4, -0.2) is 34.6 Å². The number of urea groups is 1. The van der Waals surface area contributed by atoms with Gasteiger partial charge in [0.25, 0.3) is 0 Å². The van der Waals surface area contributed by atoms with E-state index in [0.717, 1.165) is 27.8 Å². The molecule has 0 radical (unpaired) electrons. The number of fused-ring (bicyclic) bond motifs is 1. The highest BCUT2D eigenvalue weighted by Crippen LogP contribution is 2.28. The highest BCUT2D eigenvalue weighted by molar-refractivity contribution is 5.89. The zero-order chi connectivity index (χ0) is 18.0. The highest BCUT2D eigenvalue weighted by Gasteiger charge is 2.28. The lowest BCUT2D eigenvalue weighted by atomic mass is 10.0. The van der Waals surface area contributed by atoms with Gasteiger partial charge >= 0.3 is 12.2 Å². The second kappa shape index (κ2) is 6.66. The van der Waals surface area contributed by atoms with Crippen molar-refractivity contribution < 1.29 is 22.7 Å². The van der Waals surface area contributed by atoms with Gasteiger partial charge in [-0.3, -0.25) is 4.68 Å². The molecular weight excluding hydrogens is 337 g/mol. The smallest absolute Gasteiger partial charge is 0.408 e. The molecule has 25 heavy (non-hydrogen) atoms. The summed E-state index contributed by atoms with van der Waals surface area (Å²) in [7, 11) is 0. The third kappa shape index (κ3) is 4.43. The Bertz CT molecular complexity index is 773. The van der Waals surface area contributed by atoms with E-state index in [4.69, 9.17) is 4.74 Å². The van der Waals surface area contributed by atoms with Crippen LogP contribution in [0, 0.1) is 6.92 Å². The zero-order valence-corrected chi connectivity index (χ0v) is 13.4. The van der Waals surface area contributed by atoms with Gasteiger partial charge in [0.15, 0.2) is 0 Å². The fourth-order valence-electron chi connectivity index (χ4n) is 2.73. The van der Waals surface area contributed by atoms with E-state index >= 15 is 0 Å². The average Bonchev–Trinajstić information content (AvgIpc) is 2.92. The number of anilines is 1. The highest BCUT2D eigenvalue weighted by atomic mass is 19.4. The molecule has 2 heterocycles. The van der Waals surface area contributed by atoms with Crippen molar-refractivity contribution in [3.8, 4) is 5.75 Å².